The van der Waals surface area contributed by atoms with E-state index in [1.807, 2.05) is 0 Å². The van der Waals surface area contributed by atoms with Crippen molar-refractivity contribution in [1.82, 2.24) is 0 Å². The van der Waals surface area contributed by atoms with Crippen molar-refractivity contribution in [3.05, 3.63) is 57.6 Å². The van der Waals surface area contributed by atoms with Gasteiger partial charge in [0, 0.05) is 0 Å². The highest BCUT2D eigenvalue weighted by molar-refractivity contribution is 6.44. The first-order valence-electron chi connectivity index (χ1n) is 6.49. The van der Waals surface area contributed by atoms with E-state index < -0.39 is 11.9 Å². The summed E-state index contributed by atoms with van der Waals surface area (Å²) in [5.41, 5.74) is 0.642. The monoisotopic (exact) mass is 353 g/mol. The lowest BCUT2D eigenvalue weighted by Crippen LogP contribution is -2.16. The Morgan fingerprint density at radius 2 is 1.78 bits per heavy atom. The summed E-state index contributed by atoms with van der Waals surface area (Å²) >= 11 is 11.9. The number of nitrogens with one attached hydrogen (secondary N) is 1. The number of carbonyl (C=O) groups is 2. The molecule has 0 radical (unpaired) electrons. The Labute approximate surface area is 143 Å². The summed E-state index contributed by atoms with van der Waals surface area (Å²) in [4.78, 5) is 24.2. The predicted molar refractivity (Wildman–Crippen MR) is 88.7 cm³/mol. The molecule has 23 heavy (non-hydrogen) atoms. The van der Waals surface area contributed by atoms with Crippen molar-refractivity contribution in [3.63, 3.8) is 0 Å². The molecule has 0 saturated carbocycles. The van der Waals surface area contributed by atoms with Gasteiger partial charge in [-0.3, -0.25) is 4.79 Å². The molecule has 7 heteroatoms. The number of methoxy groups -OCH3 is 2. The molecule has 0 bridgehead atoms. The van der Waals surface area contributed by atoms with Gasteiger partial charge in [0.1, 0.15) is 5.75 Å². The molecule has 0 saturated heterocycles. The fourth-order valence-corrected chi connectivity index (χ4v) is 2.29. The van der Waals surface area contributed by atoms with Crippen LogP contribution in [0, 0.1) is 0 Å². The van der Waals surface area contributed by atoms with Crippen molar-refractivity contribution >= 4 is 40.8 Å². The Bertz CT molecular complexity index is 762. The molecule has 0 aliphatic carbocycles. The van der Waals surface area contributed by atoms with Crippen molar-refractivity contribution in [2.75, 3.05) is 19.5 Å². The molecule has 0 spiro atoms. The van der Waals surface area contributed by atoms with Gasteiger partial charge in [-0.2, -0.15) is 0 Å². The van der Waals surface area contributed by atoms with Gasteiger partial charge in [-0.05, 0) is 30.3 Å². The standard InChI is InChI=1S/C16H13Cl2NO4/c1-22-9-6-7-13(11(8-9)16(21)23-2)19-15(20)10-4-3-5-12(17)14(10)18/h3-8H,1-2H3,(H,19,20). The minimum atomic E-state index is -0.601. The number of benzene rings is 2. The van der Waals surface area contributed by atoms with Crippen molar-refractivity contribution in [2.24, 2.45) is 0 Å². The van der Waals surface area contributed by atoms with Crippen LogP contribution in [0.15, 0.2) is 36.4 Å². The molecular formula is C16H13Cl2NO4. The summed E-state index contributed by atoms with van der Waals surface area (Å²) in [6, 6.07) is 9.35. The van der Waals surface area contributed by atoms with Gasteiger partial charge in [0.15, 0.2) is 0 Å². The first kappa shape index (κ1) is 17.1. The first-order chi connectivity index (χ1) is 11.0. The molecular weight excluding hydrogens is 341 g/mol. The Balaban J connectivity index is 2.37. The molecule has 120 valence electrons. The summed E-state index contributed by atoms with van der Waals surface area (Å²) in [5.74, 6) is -0.631. The van der Waals surface area contributed by atoms with E-state index in [1.165, 1.54) is 26.4 Å². The van der Waals surface area contributed by atoms with Crippen LogP contribution in [-0.4, -0.2) is 26.1 Å². The maximum Gasteiger partial charge on any atom is 0.340 e. The molecule has 0 heterocycles. The zero-order valence-corrected chi connectivity index (χ0v) is 13.9. The molecule has 0 aliphatic heterocycles. The fraction of sp³-hybridized carbons (Fsp3) is 0.125. The molecule has 2 aromatic carbocycles. The van der Waals surface area contributed by atoms with Gasteiger partial charge in [-0.15, -0.1) is 0 Å². The second-order valence-electron chi connectivity index (χ2n) is 4.46. The fourth-order valence-electron chi connectivity index (χ4n) is 1.91. The topological polar surface area (TPSA) is 64.6 Å². The van der Waals surface area contributed by atoms with Gasteiger partial charge in [0.25, 0.3) is 5.91 Å². The number of halogens is 2. The van der Waals surface area contributed by atoms with Crippen LogP contribution in [0.25, 0.3) is 0 Å². The average molecular weight is 354 g/mol. The second kappa shape index (κ2) is 7.35. The number of anilines is 1. The first-order valence-corrected chi connectivity index (χ1v) is 7.25. The zero-order valence-electron chi connectivity index (χ0n) is 12.4. The van der Waals surface area contributed by atoms with Crippen LogP contribution in [-0.2, 0) is 4.74 Å². The molecule has 1 N–H and O–H groups in total. The van der Waals surface area contributed by atoms with E-state index >= 15 is 0 Å². The molecule has 0 aliphatic rings. The Hall–Kier alpha value is -2.24. The van der Waals surface area contributed by atoms with Crippen LogP contribution in [0.2, 0.25) is 10.0 Å². The Morgan fingerprint density at radius 3 is 2.43 bits per heavy atom. The van der Waals surface area contributed by atoms with Gasteiger partial charge >= 0.3 is 5.97 Å². The highest BCUT2D eigenvalue weighted by Crippen LogP contribution is 2.28. The normalized spacial score (nSPS) is 10.1. The predicted octanol–water partition coefficient (Wildman–Crippen LogP) is 4.04. The van der Waals surface area contributed by atoms with Crippen molar-refractivity contribution < 1.29 is 19.1 Å². The molecule has 5 nitrogen and oxygen atoms in total. The minimum absolute atomic E-state index is 0.139. The second-order valence-corrected chi connectivity index (χ2v) is 5.24. The number of carbonyl (C=O) groups excluding carboxylic acids is 2. The summed E-state index contributed by atoms with van der Waals surface area (Å²) in [6.07, 6.45) is 0. The molecule has 0 aromatic heterocycles. The lowest BCUT2D eigenvalue weighted by Gasteiger charge is -2.12. The summed E-state index contributed by atoms with van der Waals surface area (Å²) in [5, 5.41) is 3.03. The van der Waals surface area contributed by atoms with E-state index in [0.717, 1.165) is 0 Å². The molecule has 0 fully saturated rings. The van der Waals surface area contributed by atoms with E-state index in [9.17, 15) is 9.59 Å². The van der Waals surface area contributed by atoms with Crippen LogP contribution in [0.3, 0.4) is 0 Å². The highest BCUT2D eigenvalue weighted by atomic mass is 35.5. The third kappa shape index (κ3) is 3.75. The lowest BCUT2D eigenvalue weighted by atomic mass is 10.1. The van der Waals surface area contributed by atoms with E-state index in [-0.39, 0.29) is 26.9 Å². The number of rotatable bonds is 4. The van der Waals surface area contributed by atoms with Crippen molar-refractivity contribution in [2.45, 2.75) is 0 Å². The number of esters is 1. The Kier molecular flexibility index (Phi) is 5.47. The molecule has 2 rings (SSSR count). The molecule has 2 aromatic rings. The average Bonchev–Trinajstić information content (AvgIpc) is 2.56. The number of amides is 1. The van der Waals surface area contributed by atoms with Crippen molar-refractivity contribution in [1.29, 1.82) is 0 Å². The molecule has 0 unspecified atom stereocenters. The van der Waals surface area contributed by atoms with Gasteiger partial charge in [0.2, 0.25) is 0 Å². The van der Waals surface area contributed by atoms with Crippen LogP contribution in [0.1, 0.15) is 20.7 Å². The Morgan fingerprint density at radius 1 is 1.04 bits per heavy atom. The molecule has 1 amide bonds. The van der Waals surface area contributed by atoms with Crippen LogP contribution >= 0.6 is 23.2 Å². The summed E-state index contributed by atoms with van der Waals surface area (Å²) in [6.45, 7) is 0. The number of hydrogen-bond donors (Lipinski definition) is 1. The van der Waals surface area contributed by atoms with Crippen LogP contribution in [0.4, 0.5) is 5.69 Å². The van der Waals surface area contributed by atoms with Gasteiger partial charge < -0.3 is 14.8 Å². The van der Waals surface area contributed by atoms with Crippen LogP contribution in [0.5, 0.6) is 5.75 Å². The number of ether oxygens (including phenoxy) is 2. The van der Waals surface area contributed by atoms with E-state index in [0.29, 0.717) is 5.75 Å². The van der Waals surface area contributed by atoms with Crippen LogP contribution < -0.4 is 10.1 Å². The molecule has 0 atom stereocenters. The maximum absolute atomic E-state index is 12.4. The van der Waals surface area contributed by atoms with Gasteiger partial charge in [-0.1, -0.05) is 29.3 Å². The van der Waals surface area contributed by atoms with Crippen molar-refractivity contribution in [3.8, 4) is 5.75 Å². The third-order valence-electron chi connectivity index (χ3n) is 3.08. The smallest absolute Gasteiger partial charge is 0.340 e. The quantitative estimate of drug-likeness (QED) is 0.842. The maximum atomic E-state index is 12.4. The highest BCUT2D eigenvalue weighted by Gasteiger charge is 2.18. The summed E-state index contributed by atoms with van der Waals surface area (Å²) < 4.78 is 9.78. The largest absolute Gasteiger partial charge is 0.497 e. The van der Waals surface area contributed by atoms with E-state index in [4.69, 9.17) is 32.7 Å². The van der Waals surface area contributed by atoms with E-state index in [2.05, 4.69) is 5.32 Å². The lowest BCUT2D eigenvalue weighted by molar-refractivity contribution is 0.0601. The minimum Gasteiger partial charge on any atom is -0.497 e. The van der Waals surface area contributed by atoms with Gasteiger partial charge in [-0.25, -0.2) is 4.79 Å². The summed E-state index contributed by atoms with van der Waals surface area (Å²) in [7, 11) is 2.72. The van der Waals surface area contributed by atoms with Gasteiger partial charge in [0.05, 0.1) is 41.1 Å². The van der Waals surface area contributed by atoms with E-state index in [1.54, 1.807) is 24.3 Å². The third-order valence-corrected chi connectivity index (χ3v) is 3.90. The SMILES string of the molecule is COC(=O)c1cc(OC)ccc1NC(=O)c1cccc(Cl)c1Cl. The number of hydrogen-bond acceptors (Lipinski definition) is 4. The zero-order chi connectivity index (χ0) is 17.0.